The number of rotatable bonds is 4. The van der Waals surface area contributed by atoms with Crippen molar-refractivity contribution in [2.45, 2.75) is 20.4 Å². The molecule has 0 aliphatic rings. The summed E-state index contributed by atoms with van der Waals surface area (Å²) in [4.78, 5) is 4.70. The minimum absolute atomic E-state index is 0. The van der Waals surface area contributed by atoms with Gasteiger partial charge >= 0.3 is 77.5 Å². The van der Waals surface area contributed by atoms with Gasteiger partial charge in [0.05, 0.1) is 0 Å². The topological polar surface area (TPSA) is 20.2 Å². The molecule has 0 amide bonds. The van der Waals surface area contributed by atoms with Crippen molar-refractivity contribution in [2.24, 2.45) is 0 Å². The Hall–Kier alpha value is 1.01. The van der Waals surface area contributed by atoms with Crippen LogP contribution >= 0.6 is 0 Å². The summed E-state index contributed by atoms with van der Waals surface area (Å²) >= 11 is -1.18. The van der Waals surface area contributed by atoms with Crippen molar-refractivity contribution in [2.75, 3.05) is 27.7 Å². The molecule has 12 heavy (non-hydrogen) atoms. The number of hydrogen-bond acceptors (Lipinski definition) is 1. The van der Waals surface area contributed by atoms with Gasteiger partial charge in [0.1, 0.15) is 0 Å². The van der Waals surface area contributed by atoms with E-state index in [2.05, 4.69) is 31.0 Å². The van der Waals surface area contributed by atoms with Crippen LogP contribution in [0.1, 0.15) is 0 Å². The summed E-state index contributed by atoms with van der Waals surface area (Å²) in [5.74, 6) is 0. The van der Waals surface area contributed by atoms with E-state index in [4.69, 9.17) is 0 Å². The Bertz CT molecular complexity index is 114. The van der Waals surface area contributed by atoms with Crippen LogP contribution in [0.15, 0.2) is 0 Å². The van der Waals surface area contributed by atoms with Crippen LogP contribution in [0.25, 0.3) is 0 Å². The number of nitrogens with zero attached hydrogens (tertiary/aromatic N) is 1. The van der Waals surface area contributed by atoms with Crippen molar-refractivity contribution in [3.05, 3.63) is 0 Å². The summed E-state index contributed by atoms with van der Waals surface area (Å²) in [7, 11) is 6.37. The van der Waals surface area contributed by atoms with Gasteiger partial charge in [-0.05, 0) is 0 Å². The number of aliphatic hydroxyl groups excluding tert-OH is 1. The van der Waals surface area contributed by atoms with Gasteiger partial charge in [-0.2, -0.15) is 0 Å². The molecule has 4 heteroatoms. The van der Waals surface area contributed by atoms with E-state index < -0.39 is 19.8 Å². The van der Waals surface area contributed by atoms with E-state index in [0.717, 1.165) is 15.5 Å². The minimum atomic E-state index is -1.18. The molecule has 0 saturated carbocycles. The second kappa shape index (κ2) is 6.46. The summed E-state index contributed by atoms with van der Waals surface area (Å²) in [6.07, 6.45) is -0.0502. The largest absolute Gasteiger partial charge is 1.00 e. The van der Waals surface area contributed by atoms with Crippen LogP contribution < -0.4 is 12.4 Å². The summed E-state index contributed by atoms with van der Waals surface area (Å²) in [5.41, 5.74) is 0. The maximum atomic E-state index is 9.59. The first-order chi connectivity index (χ1) is 4.81. The van der Waals surface area contributed by atoms with Crippen LogP contribution in [-0.4, -0.2) is 63.1 Å². The van der Waals surface area contributed by atoms with Crippen molar-refractivity contribution in [1.29, 1.82) is 0 Å². The van der Waals surface area contributed by atoms with Gasteiger partial charge in [0.15, 0.2) is 0 Å². The molecule has 76 valence electrons. The molecule has 1 unspecified atom stereocenters. The predicted octanol–water partition coefficient (Wildman–Crippen LogP) is -2.46. The quantitative estimate of drug-likeness (QED) is 0.451. The van der Waals surface area contributed by atoms with Gasteiger partial charge in [-0.3, -0.25) is 0 Å². The third-order valence-corrected chi connectivity index (χ3v) is 5.75. The van der Waals surface area contributed by atoms with Crippen molar-refractivity contribution in [3.63, 3.8) is 0 Å². The first-order valence-electron chi connectivity index (χ1n) is 4.30. The Kier molecular flexibility index (Phi) is 8.33. The molecule has 0 heterocycles. The molecule has 0 aliphatic carbocycles. The van der Waals surface area contributed by atoms with Crippen molar-refractivity contribution >= 4 is 19.8 Å². The zero-order chi connectivity index (χ0) is 9.07. The fourth-order valence-corrected chi connectivity index (χ4v) is 4.78. The van der Waals surface area contributed by atoms with Crippen molar-refractivity contribution in [1.82, 2.24) is 0 Å². The Morgan fingerprint density at radius 3 is 1.92 bits per heavy atom. The molecule has 2 nitrogen and oxygen atoms in total. The summed E-state index contributed by atoms with van der Waals surface area (Å²) in [6, 6.07) is 0. The molecule has 0 saturated heterocycles. The monoisotopic (exact) mass is 303 g/mol. The van der Waals surface area contributed by atoms with Crippen LogP contribution in [0.4, 0.5) is 0 Å². The molecule has 0 aromatic rings. The van der Waals surface area contributed by atoms with Gasteiger partial charge in [-0.15, -0.1) is 0 Å². The Labute approximate surface area is 89.7 Å². The molecule has 0 spiro atoms. The van der Waals surface area contributed by atoms with Crippen LogP contribution in [0.3, 0.4) is 0 Å². The molecule has 1 N–H and O–H groups in total. The third kappa shape index (κ3) is 11.0. The maximum absolute atomic E-state index is 9.59. The predicted molar refractivity (Wildman–Crippen MR) is 52.6 cm³/mol. The fraction of sp³-hybridized carbons (Fsp3) is 1.00. The van der Waals surface area contributed by atoms with Crippen LogP contribution in [0.5, 0.6) is 0 Å². The van der Waals surface area contributed by atoms with Gasteiger partial charge in [-0.1, -0.05) is 0 Å². The zero-order valence-electron chi connectivity index (χ0n) is 8.84. The first-order valence-corrected chi connectivity index (χ1v) is 13.2. The van der Waals surface area contributed by atoms with Crippen LogP contribution in [-0.2, 0) is 0 Å². The molecule has 0 aromatic carbocycles. The fourth-order valence-electron chi connectivity index (χ4n) is 1.25. The second-order valence-electron chi connectivity index (χ2n) is 4.76. The summed E-state index contributed by atoms with van der Waals surface area (Å²) < 4.78 is 2.00. The molecule has 1 atom stereocenters. The van der Waals surface area contributed by atoms with Gasteiger partial charge in [0.25, 0.3) is 0 Å². The molecule has 0 aromatic heterocycles. The second-order valence-corrected chi connectivity index (χ2v) is 14.1. The number of quaternary nitrogens is 1. The van der Waals surface area contributed by atoms with Gasteiger partial charge < -0.3 is 12.4 Å². The van der Waals surface area contributed by atoms with E-state index >= 15 is 0 Å². The average Bonchev–Trinajstić information content (AvgIpc) is 1.53. The van der Waals surface area contributed by atoms with E-state index in [1.807, 2.05) is 0 Å². The van der Waals surface area contributed by atoms with Gasteiger partial charge in [-0.25, -0.2) is 0 Å². The molecule has 0 bridgehead atoms. The number of hydrogen-bond donors (Lipinski definition) is 1. The summed E-state index contributed by atoms with van der Waals surface area (Å²) in [6.45, 7) is 0.898. The smallest absolute Gasteiger partial charge is 1.00 e. The number of likely N-dealkylation sites (N-methyl/N-ethyl adjacent to an activating group) is 1. The molecule has 0 radical (unpaired) electrons. The van der Waals surface area contributed by atoms with Crippen LogP contribution in [0, 0.1) is 0 Å². The summed E-state index contributed by atoms with van der Waals surface area (Å²) in [5, 5.41) is 9.59. The molecule has 0 fully saturated rings. The normalized spacial score (nSPS) is 14.2. The molecule has 0 rings (SSSR count). The zero-order valence-corrected chi connectivity index (χ0v) is 12.9. The average molecular weight is 302 g/mol. The standard InChI is InChI=1S/C6H15NO.2CH3.ClH.Sn.H/c1-6(8)5-7(2,3)4;;;;;/h6,8H,1,5H2,2-4H3;2*1H3;1H;;/q+1;;;;;/p-1. The Balaban J connectivity index is 0. The number of halogens is 1. The Morgan fingerprint density at radius 2 is 1.67 bits per heavy atom. The minimum Gasteiger partial charge on any atom is -1.00 e. The molecular formula is C8H22ClNOSn. The third-order valence-electron chi connectivity index (χ3n) is 1.50. The van der Waals surface area contributed by atoms with E-state index in [1.165, 1.54) is 0 Å². The SMILES string of the molecule is [CH3][SnH]([CH3])[CH2]C(O)C[N+](C)(C)C.[Cl-]. The first kappa shape index (κ1) is 15.5. The number of aliphatic hydroxyl groups is 1. The van der Waals surface area contributed by atoms with Gasteiger partial charge in [0, 0.05) is 0 Å². The van der Waals surface area contributed by atoms with E-state index in [9.17, 15) is 5.11 Å². The molecular weight excluding hydrogens is 280 g/mol. The molecule has 0 aliphatic heterocycles. The van der Waals surface area contributed by atoms with E-state index in [-0.39, 0.29) is 18.5 Å². The van der Waals surface area contributed by atoms with Crippen LogP contribution in [0.2, 0.25) is 14.3 Å². The van der Waals surface area contributed by atoms with E-state index in [0.29, 0.717) is 0 Å². The Morgan fingerprint density at radius 1 is 1.25 bits per heavy atom. The van der Waals surface area contributed by atoms with Crippen molar-refractivity contribution < 1.29 is 22.0 Å². The van der Waals surface area contributed by atoms with E-state index in [1.54, 1.807) is 0 Å². The van der Waals surface area contributed by atoms with Crippen molar-refractivity contribution in [3.8, 4) is 0 Å². The van der Waals surface area contributed by atoms with Gasteiger partial charge in [0.2, 0.25) is 0 Å². The maximum Gasteiger partial charge on any atom is -1.00 e.